The molecule has 1 unspecified atom stereocenters. The number of rotatable bonds is 11. The fourth-order valence-electron chi connectivity index (χ4n) is 5.29. The third-order valence-corrected chi connectivity index (χ3v) is 7.70. The maximum Gasteiger partial charge on any atom is 0.254 e. The molecule has 6 rings (SSSR count). The molecule has 4 aromatic carbocycles. The van der Waals surface area contributed by atoms with E-state index in [1.165, 1.54) is 6.33 Å². The highest BCUT2D eigenvalue weighted by molar-refractivity contribution is 6.00. The number of amidine groups is 1. The van der Waals surface area contributed by atoms with Crippen molar-refractivity contribution < 1.29 is 14.3 Å². The number of anilines is 1. The van der Waals surface area contributed by atoms with Crippen molar-refractivity contribution in [3.05, 3.63) is 131 Å². The second kappa shape index (κ2) is 13.4. The first-order chi connectivity index (χ1) is 21.5. The van der Waals surface area contributed by atoms with Crippen LogP contribution < -0.4 is 15.8 Å². The topological polar surface area (TPSA) is 126 Å². The van der Waals surface area contributed by atoms with Crippen LogP contribution in [0.15, 0.2) is 103 Å². The lowest BCUT2D eigenvalue weighted by molar-refractivity contribution is 0.0437. The molecule has 44 heavy (non-hydrogen) atoms. The van der Waals surface area contributed by atoms with Gasteiger partial charge >= 0.3 is 0 Å². The molecule has 2 heterocycles. The third-order valence-electron chi connectivity index (χ3n) is 7.70. The van der Waals surface area contributed by atoms with Crippen LogP contribution in [0.1, 0.15) is 39.0 Å². The lowest BCUT2D eigenvalue weighted by atomic mass is 10.1. The lowest BCUT2D eigenvalue weighted by Gasteiger charge is -2.17. The molecular weight excluding hydrogens is 552 g/mol. The molecule has 1 atom stereocenters. The summed E-state index contributed by atoms with van der Waals surface area (Å²) in [4.78, 5) is 24.1. The highest BCUT2D eigenvalue weighted by Crippen LogP contribution is 2.26. The van der Waals surface area contributed by atoms with E-state index in [0.717, 1.165) is 28.5 Å². The van der Waals surface area contributed by atoms with Crippen LogP contribution in [0.25, 0.3) is 10.9 Å². The van der Waals surface area contributed by atoms with E-state index >= 15 is 0 Å². The van der Waals surface area contributed by atoms with Gasteiger partial charge in [-0.25, -0.2) is 9.97 Å². The maximum atomic E-state index is 13.4. The summed E-state index contributed by atoms with van der Waals surface area (Å²) in [5, 5.41) is 12.1. The molecule has 0 spiro atoms. The van der Waals surface area contributed by atoms with Gasteiger partial charge in [0.05, 0.1) is 18.2 Å². The lowest BCUT2D eigenvalue weighted by Crippen LogP contribution is -2.30. The number of fused-ring (bicyclic) bond motifs is 1. The van der Waals surface area contributed by atoms with E-state index in [2.05, 4.69) is 15.3 Å². The molecular formula is C35H34N6O3. The minimum atomic E-state index is -0.0351. The van der Waals surface area contributed by atoms with E-state index in [4.69, 9.17) is 20.6 Å². The van der Waals surface area contributed by atoms with Crippen LogP contribution >= 0.6 is 0 Å². The van der Waals surface area contributed by atoms with Gasteiger partial charge in [-0.1, -0.05) is 60.7 Å². The van der Waals surface area contributed by atoms with Gasteiger partial charge in [0.1, 0.15) is 30.3 Å². The van der Waals surface area contributed by atoms with Crippen LogP contribution in [0.5, 0.6) is 5.75 Å². The summed E-state index contributed by atoms with van der Waals surface area (Å²) in [5.41, 5.74) is 10.6. The highest BCUT2D eigenvalue weighted by atomic mass is 16.5. The molecule has 0 radical (unpaired) electrons. The number of likely N-dealkylation sites (tertiary alicyclic amines) is 1. The van der Waals surface area contributed by atoms with Gasteiger partial charge in [0.25, 0.3) is 5.91 Å². The maximum absolute atomic E-state index is 13.4. The number of aromatic nitrogens is 2. The largest absolute Gasteiger partial charge is 0.489 e. The summed E-state index contributed by atoms with van der Waals surface area (Å²) in [6.07, 6.45) is 2.31. The van der Waals surface area contributed by atoms with Crippen LogP contribution in [-0.4, -0.2) is 45.8 Å². The molecule has 1 aromatic heterocycles. The monoisotopic (exact) mass is 586 g/mol. The van der Waals surface area contributed by atoms with Gasteiger partial charge in [-0.2, -0.15) is 0 Å². The van der Waals surface area contributed by atoms with Crippen LogP contribution in [-0.2, 0) is 24.5 Å². The summed E-state index contributed by atoms with van der Waals surface area (Å²) < 4.78 is 12.2. The molecule has 222 valence electrons. The number of carbonyl (C=O) groups is 1. The number of carbonyl (C=O) groups excluding carboxylic acids is 1. The van der Waals surface area contributed by atoms with Gasteiger partial charge in [-0.05, 0) is 53.9 Å². The molecule has 5 aromatic rings. The number of nitrogens with zero attached hydrogens (tertiary/aromatic N) is 3. The molecule has 9 nitrogen and oxygen atoms in total. The Morgan fingerprint density at radius 2 is 1.64 bits per heavy atom. The van der Waals surface area contributed by atoms with Crippen molar-refractivity contribution in [2.24, 2.45) is 5.73 Å². The zero-order chi connectivity index (χ0) is 30.3. The van der Waals surface area contributed by atoms with Crippen molar-refractivity contribution in [2.75, 3.05) is 18.4 Å². The van der Waals surface area contributed by atoms with E-state index in [9.17, 15) is 4.79 Å². The minimum absolute atomic E-state index is 0.0146. The molecule has 1 fully saturated rings. The van der Waals surface area contributed by atoms with E-state index in [1.807, 2.05) is 95.9 Å². The van der Waals surface area contributed by atoms with Gasteiger partial charge in [0.15, 0.2) is 0 Å². The quantitative estimate of drug-likeness (QED) is 0.137. The number of amides is 1. The smallest absolute Gasteiger partial charge is 0.254 e. The van der Waals surface area contributed by atoms with Crippen molar-refractivity contribution in [2.45, 2.75) is 32.3 Å². The number of nitrogens with one attached hydrogen (secondary N) is 2. The van der Waals surface area contributed by atoms with Crippen LogP contribution in [0.2, 0.25) is 0 Å². The number of ether oxygens (including phenoxy) is 2. The Labute approximate surface area is 256 Å². The summed E-state index contributed by atoms with van der Waals surface area (Å²) in [6, 6.07) is 31.0. The summed E-state index contributed by atoms with van der Waals surface area (Å²) >= 11 is 0. The Bertz CT molecular complexity index is 1760. The van der Waals surface area contributed by atoms with Gasteiger partial charge in [0.2, 0.25) is 0 Å². The Kier molecular flexibility index (Phi) is 8.75. The average molecular weight is 587 g/mol. The van der Waals surface area contributed by atoms with Crippen molar-refractivity contribution >= 4 is 28.5 Å². The van der Waals surface area contributed by atoms with Crippen molar-refractivity contribution in [3.63, 3.8) is 0 Å². The number of nitrogens with two attached hydrogens (primary N) is 1. The first kappa shape index (κ1) is 28.8. The Hall–Kier alpha value is -5.28. The predicted octanol–water partition coefficient (Wildman–Crippen LogP) is 5.54. The normalized spacial score (nSPS) is 14.5. The van der Waals surface area contributed by atoms with Crippen molar-refractivity contribution in [1.29, 1.82) is 5.41 Å². The summed E-state index contributed by atoms with van der Waals surface area (Å²) in [5.74, 6) is 1.27. The van der Waals surface area contributed by atoms with Crippen LogP contribution in [0.3, 0.4) is 0 Å². The Morgan fingerprint density at radius 1 is 0.909 bits per heavy atom. The molecule has 1 saturated heterocycles. The van der Waals surface area contributed by atoms with E-state index in [0.29, 0.717) is 61.1 Å². The Balaban J connectivity index is 1.13. The van der Waals surface area contributed by atoms with Crippen LogP contribution in [0.4, 0.5) is 5.82 Å². The molecule has 1 aliphatic rings. The minimum Gasteiger partial charge on any atom is -0.489 e. The zero-order valence-corrected chi connectivity index (χ0v) is 24.3. The first-order valence-corrected chi connectivity index (χ1v) is 14.6. The number of hydrogen-bond donors (Lipinski definition) is 3. The van der Waals surface area contributed by atoms with Gasteiger partial charge < -0.3 is 25.4 Å². The van der Waals surface area contributed by atoms with Crippen molar-refractivity contribution in [1.82, 2.24) is 14.9 Å². The zero-order valence-electron chi connectivity index (χ0n) is 24.3. The molecule has 0 aliphatic carbocycles. The van der Waals surface area contributed by atoms with Gasteiger partial charge in [-0.15, -0.1) is 0 Å². The molecule has 9 heteroatoms. The fourth-order valence-corrected chi connectivity index (χ4v) is 5.29. The summed E-state index contributed by atoms with van der Waals surface area (Å²) in [6.45, 7) is 2.55. The second-order valence-electron chi connectivity index (χ2n) is 10.8. The number of hydrogen-bond acceptors (Lipinski definition) is 7. The average Bonchev–Trinajstić information content (AvgIpc) is 3.55. The predicted molar refractivity (Wildman–Crippen MR) is 171 cm³/mol. The van der Waals surface area contributed by atoms with Crippen molar-refractivity contribution in [3.8, 4) is 5.75 Å². The van der Waals surface area contributed by atoms with E-state index < -0.39 is 0 Å². The molecule has 4 N–H and O–H groups in total. The standard InChI is InChI=1S/C35H34N6O3/c36-33(37)26-12-14-32(44-22-25-9-5-2-6-10-25)28(17-26)19-38-34-30-13-11-27(18-31(30)39-23-40-34)35(42)41-16-15-29(20-41)43-21-24-7-3-1-4-8-24/h1-14,17-18,23,29H,15-16,19-22H2,(H3,36,37)(H,38,39,40). The molecule has 0 saturated carbocycles. The van der Waals surface area contributed by atoms with Gasteiger partial charge in [-0.3, -0.25) is 10.2 Å². The van der Waals surface area contributed by atoms with Crippen LogP contribution in [0, 0.1) is 5.41 Å². The van der Waals surface area contributed by atoms with E-state index in [-0.39, 0.29) is 17.8 Å². The molecule has 1 amide bonds. The van der Waals surface area contributed by atoms with E-state index in [1.54, 1.807) is 6.07 Å². The SMILES string of the molecule is N=C(N)c1ccc(OCc2ccccc2)c(CNc2ncnc3cc(C(=O)N4CCC(OCc5ccccc5)C4)ccc23)c1. The number of benzene rings is 4. The number of nitrogen functional groups attached to an aromatic ring is 1. The first-order valence-electron chi connectivity index (χ1n) is 14.6. The third kappa shape index (κ3) is 6.85. The Morgan fingerprint density at radius 3 is 2.39 bits per heavy atom. The molecule has 0 bridgehead atoms. The molecule has 1 aliphatic heterocycles. The highest BCUT2D eigenvalue weighted by Gasteiger charge is 2.28. The van der Waals surface area contributed by atoms with Gasteiger partial charge in [0, 0.05) is 41.7 Å². The summed E-state index contributed by atoms with van der Waals surface area (Å²) in [7, 11) is 0. The second-order valence-corrected chi connectivity index (χ2v) is 10.8. The fraction of sp³-hybridized carbons (Fsp3) is 0.200.